The summed E-state index contributed by atoms with van der Waals surface area (Å²) in [6.45, 7) is 3.93. The summed E-state index contributed by atoms with van der Waals surface area (Å²) in [5.74, 6) is -1.05. The highest BCUT2D eigenvalue weighted by molar-refractivity contribution is 5.78. The van der Waals surface area contributed by atoms with E-state index in [0.717, 1.165) is 31.2 Å². The van der Waals surface area contributed by atoms with Gasteiger partial charge in [0, 0.05) is 24.4 Å². The molecule has 0 saturated carbocycles. The fourth-order valence-electron chi connectivity index (χ4n) is 3.21. The van der Waals surface area contributed by atoms with Crippen molar-refractivity contribution in [2.75, 3.05) is 0 Å². The number of aryl methyl sites for hydroxylation is 1. The number of rotatable bonds is 6. The molecule has 1 heterocycles. The lowest BCUT2D eigenvalue weighted by atomic mass is 9.81. The molecule has 0 bridgehead atoms. The zero-order valence-electron chi connectivity index (χ0n) is 13.4. The number of aliphatic hydroxyl groups is 1. The van der Waals surface area contributed by atoms with Gasteiger partial charge in [-0.1, -0.05) is 13.8 Å². The molecular formula is C17H26N2O3. The van der Waals surface area contributed by atoms with Gasteiger partial charge in [-0.15, -0.1) is 0 Å². The quantitative estimate of drug-likeness (QED) is 0.743. The van der Waals surface area contributed by atoms with Crippen LogP contribution >= 0.6 is 0 Å². The second-order valence-corrected chi connectivity index (χ2v) is 6.74. The van der Waals surface area contributed by atoms with E-state index in [9.17, 15) is 15.0 Å². The summed E-state index contributed by atoms with van der Waals surface area (Å²) in [4.78, 5) is 16.0. The molecule has 1 aromatic heterocycles. The highest BCUT2D eigenvalue weighted by Gasteiger charge is 2.43. The van der Waals surface area contributed by atoms with E-state index in [-0.39, 0.29) is 12.3 Å². The minimum atomic E-state index is -1.97. The smallest absolute Gasteiger partial charge is 0.337 e. The van der Waals surface area contributed by atoms with Gasteiger partial charge in [0.05, 0.1) is 0 Å². The van der Waals surface area contributed by atoms with Gasteiger partial charge in [0.15, 0.2) is 5.60 Å². The van der Waals surface area contributed by atoms with Crippen LogP contribution < -0.4 is 5.73 Å². The molecule has 1 aliphatic carbocycles. The summed E-state index contributed by atoms with van der Waals surface area (Å²) in [5, 5.41) is 20.2. The second-order valence-electron chi connectivity index (χ2n) is 6.74. The molecule has 0 unspecified atom stereocenters. The fourth-order valence-corrected chi connectivity index (χ4v) is 3.21. The van der Waals surface area contributed by atoms with Gasteiger partial charge in [-0.3, -0.25) is 4.98 Å². The first-order chi connectivity index (χ1) is 10.3. The molecule has 0 amide bonds. The molecule has 5 nitrogen and oxygen atoms in total. The minimum absolute atomic E-state index is 0.0284. The SMILES string of the molecule is CC(C)C[C@H](N)[C@](O)(Cc1nccc2c1CCCC2)C(=O)O. The summed E-state index contributed by atoms with van der Waals surface area (Å²) in [5.41, 5.74) is 7.06. The number of nitrogens with zero attached hydrogens (tertiary/aromatic N) is 1. The van der Waals surface area contributed by atoms with Crippen molar-refractivity contribution in [3.05, 3.63) is 29.1 Å². The van der Waals surface area contributed by atoms with Crippen LogP contribution in [0.4, 0.5) is 0 Å². The van der Waals surface area contributed by atoms with Crippen molar-refractivity contribution in [2.24, 2.45) is 11.7 Å². The predicted octanol–water partition coefficient (Wildman–Crippen LogP) is 1.69. The Kier molecular flexibility index (Phi) is 5.19. The van der Waals surface area contributed by atoms with E-state index in [0.29, 0.717) is 12.1 Å². The molecule has 0 fully saturated rings. The van der Waals surface area contributed by atoms with Crippen molar-refractivity contribution >= 4 is 5.97 Å². The first-order valence-electron chi connectivity index (χ1n) is 8.01. The molecule has 4 N–H and O–H groups in total. The van der Waals surface area contributed by atoms with Crippen molar-refractivity contribution in [1.82, 2.24) is 4.98 Å². The van der Waals surface area contributed by atoms with Crippen LogP contribution in [0.5, 0.6) is 0 Å². The molecule has 122 valence electrons. The number of carbonyl (C=O) groups is 1. The maximum absolute atomic E-state index is 11.7. The Morgan fingerprint density at radius 2 is 2.09 bits per heavy atom. The molecule has 0 spiro atoms. The van der Waals surface area contributed by atoms with Crippen LogP contribution in [-0.4, -0.2) is 32.8 Å². The number of carboxylic acid groups (broad SMARTS) is 1. The predicted molar refractivity (Wildman–Crippen MR) is 84.6 cm³/mol. The molecule has 0 radical (unpaired) electrons. The van der Waals surface area contributed by atoms with Gasteiger partial charge in [-0.05, 0) is 55.2 Å². The van der Waals surface area contributed by atoms with E-state index >= 15 is 0 Å². The van der Waals surface area contributed by atoms with Gasteiger partial charge < -0.3 is 15.9 Å². The van der Waals surface area contributed by atoms with E-state index < -0.39 is 17.6 Å². The highest BCUT2D eigenvalue weighted by Crippen LogP contribution is 2.28. The van der Waals surface area contributed by atoms with Crippen molar-refractivity contribution < 1.29 is 15.0 Å². The Hall–Kier alpha value is -1.46. The topological polar surface area (TPSA) is 96.4 Å². The standard InChI is InChI=1S/C17H26N2O3/c1-11(2)9-15(18)17(22,16(20)21)10-14-13-6-4-3-5-12(13)7-8-19-14/h7-8,11,15,22H,3-6,9-10,18H2,1-2H3,(H,20,21)/t15-,17+/m0/s1. The van der Waals surface area contributed by atoms with Gasteiger partial charge >= 0.3 is 5.97 Å². The van der Waals surface area contributed by atoms with Crippen LogP contribution in [0.3, 0.4) is 0 Å². The van der Waals surface area contributed by atoms with E-state index in [4.69, 9.17) is 5.73 Å². The number of pyridine rings is 1. The Bertz CT molecular complexity index is 545. The molecule has 0 aliphatic heterocycles. The van der Waals surface area contributed by atoms with E-state index in [1.807, 2.05) is 19.9 Å². The zero-order valence-corrected chi connectivity index (χ0v) is 13.4. The van der Waals surface area contributed by atoms with Gasteiger partial charge in [0.2, 0.25) is 0 Å². The van der Waals surface area contributed by atoms with Crippen molar-refractivity contribution in [3.8, 4) is 0 Å². The molecule has 2 atom stereocenters. The summed E-state index contributed by atoms with van der Waals surface area (Å²) in [7, 11) is 0. The fraction of sp³-hybridized carbons (Fsp3) is 0.647. The first kappa shape index (κ1) is 16.9. The summed E-state index contributed by atoms with van der Waals surface area (Å²) >= 11 is 0. The monoisotopic (exact) mass is 306 g/mol. The van der Waals surface area contributed by atoms with Gasteiger partial charge in [0.25, 0.3) is 0 Å². The molecule has 5 heteroatoms. The molecule has 2 rings (SSSR count). The third-order valence-electron chi connectivity index (χ3n) is 4.51. The molecular weight excluding hydrogens is 280 g/mol. The average molecular weight is 306 g/mol. The number of nitrogens with two attached hydrogens (primary N) is 1. The summed E-state index contributed by atoms with van der Waals surface area (Å²) in [6.07, 6.45) is 6.25. The van der Waals surface area contributed by atoms with Gasteiger partial charge in [-0.25, -0.2) is 4.79 Å². The van der Waals surface area contributed by atoms with Crippen LogP contribution in [0.1, 0.15) is 49.9 Å². The van der Waals surface area contributed by atoms with Crippen LogP contribution in [0, 0.1) is 5.92 Å². The maximum Gasteiger partial charge on any atom is 0.337 e. The molecule has 22 heavy (non-hydrogen) atoms. The lowest BCUT2D eigenvalue weighted by Gasteiger charge is -2.32. The zero-order chi connectivity index (χ0) is 16.3. The molecule has 1 aromatic rings. The minimum Gasteiger partial charge on any atom is -0.479 e. The summed E-state index contributed by atoms with van der Waals surface area (Å²) < 4.78 is 0. The Morgan fingerprint density at radius 3 is 2.73 bits per heavy atom. The first-order valence-corrected chi connectivity index (χ1v) is 8.01. The van der Waals surface area contributed by atoms with Crippen LogP contribution in [0.15, 0.2) is 12.3 Å². The Morgan fingerprint density at radius 1 is 1.41 bits per heavy atom. The van der Waals surface area contributed by atoms with Crippen molar-refractivity contribution in [3.63, 3.8) is 0 Å². The van der Waals surface area contributed by atoms with Gasteiger partial charge in [-0.2, -0.15) is 0 Å². The molecule has 0 aromatic carbocycles. The van der Waals surface area contributed by atoms with E-state index in [1.165, 1.54) is 5.56 Å². The van der Waals surface area contributed by atoms with Crippen molar-refractivity contribution in [2.45, 2.75) is 64.0 Å². The molecule has 1 aliphatic rings. The average Bonchev–Trinajstić information content (AvgIpc) is 2.46. The number of hydrogen-bond donors (Lipinski definition) is 3. The van der Waals surface area contributed by atoms with Gasteiger partial charge in [0.1, 0.15) is 0 Å². The number of aromatic nitrogens is 1. The maximum atomic E-state index is 11.7. The number of hydrogen-bond acceptors (Lipinski definition) is 4. The van der Waals surface area contributed by atoms with Crippen LogP contribution in [0.2, 0.25) is 0 Å². The third-order valence-corrected chi connectivity index (χ3v) is 4.51. The van der Waals surface area contributed by atoms with Crippen LogP contribution in [-0.2, 0) is 24.1 Å². The van der Waals surface area contributed by atoms with Crippen LogP contribution in [0.25, 0.3) is 0 Å². The third kappa shape index (κ3) is 3.47. The Balaban J connectivity index is 2.30. The number of fused-ring (bicyclic) bond motifs is 1. The number of aliphatic carboxylic acids is 1. The summed E-state index contributed by atoms with van der Waals surface area (Å²) in [6, 6.07) is 1.18. The Labute approximate surface area is 131 Å². The lowest BCUT2D eigenvalue weighted by molar-refractivity contribution is -0.161. The second kappa shape index (κ2) is 6.75. The largest absolute Gasteiger partial charge is 0.479 e. The van der Waals surface area contributed by atoms with E-state index in [1.54, 1.807) is 6.20 Å². The highest BCUT2D eigenvalue weighted by atomic mass is 16.4. The van der Waals surface area contributed by atoms with E-state index in [2.05, 4.69) is 4.98 Å². The molecule has 0 saturated heterocycles. The van der Waals surface area contributed by atoms with Crippen molar-refractivity contribution in [1.29, 1.82) is 0 Å². The lowest BCUT2D eigenvalue weighted by Crippen LogP contribution is -2.56. The number of carboxylic acids is 1. The normalized spacial score (nSPS) is 18.6.